The van der Waals surface area contributed by atoms with Gasteiger partial charge in [0.15, 0.2) is 5.78 Å². The van der Waals surface area contributed by atoms with Crippen molar-refractivity contribution in [1.29, 1.82) is 0 Å². The largest absolute Gasteiger partial charge is 0.306 e. The normalized spacial score (nSPS) is 11.1. The minimum Gasteiger partial charge on any atom is -0.306 e. The van der Waals surface area contributed by atoms with Crippen molar-refractivity contribution in [2.75, 3.05) is 0 Å². The molecule has 0 atom stereocenters. The van der Waals surface area contributed by atoms with E-state index in [9.17, 15) is 14.0 Å². The number of aromatic nitrogens is 2. The third-order valence-corrected chi connectivity index (χ3v) is 5.41. The zero-order chi connectivity index (χ0) is 19.1. The van der Waals surface area contributed by atoms with E-state index in [-0.39, 0.29) is 17.2 Å². The smallest absolute Gasteiger partial charge is 0.260 e. The number of nitrogens with zero attached hydrogens (tertiary/aromatic N) is 1. The number of H-pyrrole nitrogens is 1. The number of benzene rings is 2. The van der Waals surface area contributed by atoms with Crippen LogP contribution in [0.2, 0.25) is 0 Å². The maximum absolute atomic E-state index is 13.3. The number of hydrogen-bond donors (Lipinski definition) is 1. The summed E-state index contributed by atoms with van der Waals surface area (Å²) in [4.78, 5) is 33.4. The van der Waals surface area contributed by atoms with Crippen molar-refractivity contribution in [2.45, 2.75) is 13.8 Å². The van der Waals surface area contributed by atoms with E-state index in [1.54, 1.807) is 36.4 Å². The molecule has 0 spiro atoms. The fraction of sp³-hybridized carbons (Fsp3) is 0.0952. The Balaban J connectivity index is 1.92. The molecule has 2 heterocycles. The van der Waals surface area contributed by atoms with Gasteiger partial charge in [0.1, 0.15) is 16.5 Å². The number of ketones is 1. The quantitative estimate of drug-likeness (QED) is 0.512. The molecule has 0 fully saturated rings. The minimum absolute atomic E-state index is 0.0501. The molecule has 27 heavy (non-hydrogen) atoms. The third-order valence-electron chi connectivity index (χ3n) is 4.41. The van der Waals surface area contributed by atoms with E-state index in [1.165, 1.54) is 30.4 Å². The van der Waals surface area contributed by atoms with Gasteiger partial charge in [-0.1, -0.05) is 30.3 Å². The highest BCUT2D eigenvalue weighted by atomic mass is 32.1. The van der Waals surface area contributed by atoms with Gasteiger partial charge in [0.05, 0.1) is 5.39 Å². The lowest BCUT2D eigenvalue weighted by Crippen LogP contribution is -2.09. The molecule has 0 saturated heterocycles. The highest BCUT2D eigenvalue weighted by Crippen LogP contribution is 2.36. The lowest BCUT2D eigenvalue weighted by atomic mass is 10.0. The summed E-state index contributed by atoms with van der Waals surface area (Å²) >= 11 is 1.42. The van der Waals surface area contributed by atoms with Gasteiger partial charge in [-0.05, 0) is 37.6 Å². The molecule has 0 aliphatic heterocycles. The predicted octanol–water partition coefficient (Wildman–Crippen LogP) is 4.97. The molecule has 2 aromatic carbocycles. The van der Waals surface area contributed by atoms with Crippen molar-refractivity contribution in [1.82, 2.24) is 9.97 Å². The summed E-state index contributed by atoms with van der Waals surface area (Å²) in [5.74, 6) is 0.0453. The Morgan fingerprint density at radius 1 is 1.11 bits per heavy atom. The standard InChI is InChI=1S/C21H15FN2O2S/c1-11(25)14-4-3-5-15(10-14)19-23-20(26)18-17(12(2)27-21(18)24-19)13-6-8-16(22)9-7-13/h3-10H,1-2H3,(H,23,24,26). The maximum Gasteiger partial charge on any atom is 0.260 e. The molecule has 0 amide bonds. The van der Waals surface area contributed by atoms with Gasteiger partial charge in [-0.2, -0.15) is 0 Å². The number of aromatic amines is 1. The molecule has 6 heteroatoms. The summed E-state index contributed by atoms with van der Waals surface area (Å²) in [5.41, 5.74) is 2.53. The highest BCUT2D eigenvalue weighted by Gasteiger charge is 2.17. The molecule has 0 radical (unpaired) electrons. The van der Waals surface area contributed by atoms with Gasteiger partial charge in [-0.25, -0.2) is 9.37 Å². The molecule has 134 valence electrons. The van der Waals surface area contributed by atoms with Gasteiger partial charge in [0, 0.05) is 21.6 Å². The Hall–Kier alpha value is -3.12. The van der Waals surface area contributed by atoms with E-state index in [1.807, 2.05) is 6.92 Å². The number of fused-ring (bicyclic) bond motifs is 1. The van der Waals surface area contributed by atoms with Gasteiger partial charge in [0.25, 0.3) is 5.56 Å². The number of rotatable bonds is 3. The first-order valence-electron chi connectivity index (χ1n) is 8.35. The van der Waals surface area contributed by atoms with E-state index in [2.05, 4.69) is 9.97 Å². The lowest BCUT2D eigenvalue weighted by molar-refractivity contribution is 0.101. The zero-order valence-electron chi connectivity index (χ0n) is 14.7. The number of halogens is 1. The number of hydrogen-bond acceptors (Lipinski definition) is 4. The molecule has 4 nitrogen and oxygen atoms in total. The molecule has 0 aliphatic rings. The van der Waals surface area contributed by atoms with Crippen LogP contribution in [0.4, 0.5) is 4.39 Å². The van der Waals surface area contributed by atoms with Crippen LogP contribution in [0.5, 0.6) is 0 Å². The van der Waals surface area contributed by atoms with Crippen LogP contribution in [0.25, 0.3) is 32.7 Å². The molecule has 0 unspecified atom stereocenters. The maximum atomic E-state index is 13.3. The van der Waals surface area contributed by atoms with Crippen molar-refractivity contribution in [3.63, 3.8) is 0 Å². The van der Waals surface area contributed by atoms with E-state index in [0.717, 1.165) is 16.0 Å². The van der Waals surface area contributed by atoms with Gasteiger partial charge in [-0.15, -0.1) is 11.3 Å². The second-order valence-electron chi connectivity index (χ2n) is 6.27. The second-order valence-corrected chi connectivity index (χ2v) is 7.48. The first-order chi connectivity index (χ1) is 12.9. The molecule has 0 bridgehead atoms. The average molecular weight is 378 g/mol. The summed E-state index contributed by atoms with van der Waals surface area (Å²) in [7, 11) is 0. The highest BCUT2D eigenvalue weighted by molar-refractivity contribution is 7.19. The SMILES string of the molecule is CC(=O)c1cccc(-c2nc3sc(C)c(-c4ccc(F)cc4)c3c(=O)[nH]2)c1. The summed E-state index contributed by atoms with van der Waals surface area (Å²) in [6.07, 6.45) is 0. The number of carbonyl (C=O) groups is 1. The molecule has 0 aliphatic carbocycles. The first kappa shape index (κ1) is 17.3. The Labute approximate surface area is 158 Å². The topological polar surface area (TPSA) is 62.8 Å². The number of Topliss-reactive ketones (excluding diaryl/α,β-unsaturated/α-hetero) is 1. The predicted molar refractivity (Wildman–Crippen MR) is 106 cm³/mol. The Morgan fingerprint density at radius 3 is 2.56 bits per heavy atom. The summed E-state index contributed by atoms with van der Waals surface area (Å²) in [5, 5.41) is 0.496. The van der Waals surface area contributed by atoms with Crippen molar-refractivity contribution >= 4 is 27.3 Å². The van der Waals surface area contributed by atoms with E-state index < -0.39 is 0 Å². The summed E-state index contributed by atoms with van der Waals surface area (Å²) in [6, 6.07) is 13.1. The number of carbonyl (C=O) groups excluding carboxylic acids is 1. The van der Waals surface area contributed by atoms with Crippen molar-refractivity contribution in [3.05, 3.63) is 75.1 Å². The van der Waals surface area contributed by atoms with Crippen LogP contribution in [0.15, 0.2) is 53.3 Å². The van der Waals surface area contributed by atoms with Gasteiger partial charge in [0.2, 0.25) is 0 Å². The minimum atomic E-state index is -0.324. The second kappa shape index (κ2) is 6.55. The Bertz CT molecular complexity index is 1240. The number of thiophene rings is 1. The summed E-state index contributed by atoms with van der Waals surface area (Å²) < 4.78 is 13.3. The molecule has 2 aromatic heterocycles. The summed E-state index contributed by atoms with van der Waals surface area (Å²) in [6.45, 7) is 3.41. The fourth-order valence-corrected chi connectivity index (χ4v) is 4.15. The molecule has 4 aromatic rings. The van der Waals surface area contributed by atoms with E-state index in [4.69, 9.17) is 0 Å². The molecule has 0 saturated carbocycles. The fourth-order valence-electron chi connectivity index (χ4n) is 3.11. The first-order valence-corrected chi connectivity index (χ1v) is 9.16. The molecule has 1 N–H and O–H groups in total. The van der Waals surface area contributed by atoms with Crippen LogP contribution in [0.3, 0.4) is 0 Å². The van der Waals surface area contributed by atoms with Crippen LogP contribution in [-0.4, -0.2) is 15.8 Å². The van der Waals surface area contributed by atoms with Crippen molar-refractivity contribution in [2.24, 2.45) is 0 Å². The van der Waals surface area contributed by atoms with Crippen LogP contribution in [-0.2, 0) is 0 Å². The van der Waals surface area contributed by atoms with Crippen LogP contribution >= 0.6 is 11.3 Å². The number of aryl methyl sites for hydroxylation is 1. The average Bonchev–Trinajstić information content (AvgIpc) is 2.99. The molecular formula is C21H15FN2O2S. The van der Waals surface area contributed by atoms with Crippen LogP contribution < -0.4 is 5.56 Å². The van der Waals surface area contributed by atoms with Crippen LogP contribution in [0, 0.1) is 12.7 Å². The number of nitrogens with one attached hydrogen (secondary N) is 1. The van der Waals surface area contributed by atoms with Crippen molar-refractivity contribution in [3.8, 4) is 22.5 Å². The van der Waals surface area contributed by atoms with Gasteiger partial charge in [-0.3, -0.25) is 9.59 Å². The Kier molecular flexibility index (Phi) is 4.20. The Morgan fingerprint density at radius 2 is 1.85 bits per heavy atom. The van der Waals surface area contributed by atoms with Gasteiger partial charge >= 0.3 is 0 Å². The van der Waals surface area contributed by atoms with E-state index >= 15 is 0 Å². The third kappa shape index (κ3) is 3.08. The molecule has 4 rings (SSSR count). The van der Waals surface area contributed by atoms with E-state index in [0.29, 0.717) is 27.2 Å². The zero-order valence-corrected chi connectivity index (χ0v) is 15.5. The lowest BCUT2D eigenvalue weighted by Gasteiger charge is -2.04. The molecular weight excluding hydrogens is 363 g/mol. The van der Waals surface area contributed by atoms with Crippen LogP contribution in [0.1, 0.15) is 22.2 Å². The van der Waals surface area contributed by atoms with Crippen molar-refractivity contribution < 1.29 is 9.18 Å². The van der Waals surface area contributed by atoms with Gasteiger partial charge < -0.3 is 4.98 Å². The monoisotopic (exact) mass is 378 g/mol.